The van der Waals surface area contributed by atoms with E-state index in [-0.39, 0.29) is 18.5 Å². The van der Waals surface area contributed by atoms with Crippen LogP contribution in [0.5, 0.6) is 0 Å². The van der Waals surface area contributed by atoms with Crippen molar-refractivity contribution >= 4 is 10.0 Å². The first-order valence-corrected chi connectivity index (χ1v) is 9.19. The van der Waals surface area contributed by atoms with E-state index in [4.69, 9.17) is 10.5 Å². The minimum atomic E-state index is -3.47. The lowest BCUT2D eigenvalue weighted by Crippen LogP contribution is -2.51. The summed E-state index contributed by atoms with van der Waals surface area (Å²) in [5.74, 6) is -0.0747. The molecular weight excluding hydrogens is 304 g/mol. The van der Waals surface area contributed by atoms with Crippen molar-refractivity contribution in [1.29, 1.82) is 0 Å². The van der Waals surface area contributed by atoms with Gasteiger partial charge in [-0.3, -0.25) is 0 Å². The van der Waals surface area contributed by atoms with Crippen LogP contribution in [0.15, 0.2) is 30.3 Å². The lowest BCUT2D eigenvalue weighted by atomic mass is 9.98. The number of ether oxygens (including phenoxy) is 1. The Morgan fingerprint density at radius 2 is 2.00 bits per heavy atom. The molecule has 3 atom stereocenters. The first-order chi connectivity index (χ1) is 10.5. The van der Waals surface area contributed by atoms with Gasteiger partial charge in [-0.25, -0.2) is 13.1 Å². The molecule has 1 aliphatic heterocycles. The van der Waals surface area contributed by atoms with Crippen LogP contribution in [0.1, 0.15) is 24.8 Å². The number of sulfonamides is 1. The average Bonchev–Trinajstić information content (AvgIpc) is 2.49. The number of nitrogens with two attached hydrogens (primary N) is 1. The fourth-order valence-electron chi connectivity index (χ4n) is 2.73. The van der Waals surface area contributed by atoms with Gasteiger partial charge in [0, 0.05) is 0 Å². The number of nitrogens with one attached hydrogen (secondary N) is 1. The highest BCUT2D eigenvalue weighted by molar-refractivity contribution is 7.88. The zero-order valence-corrected chi connectivity index (χ0v) is 13.3. The summed E-state index contributed by atoms with van der Waals surface area (Å²) < 4.78 is 32.9. The third kappa shape index (κ3) is 5.03. The summed E-state index contributed by atoms with van der Waals surface area (Å²) in [6.45, 7) is 0.312. The largest absolute Gasteiger partial charge is 0.394 e. The summed E-state index contributed by atoms with van der Waals surface area (Å²) in [5, 5.41) is 9.44. The second-order valence-electron chi connectivity index (χ2n) is 5.60. The van der Waals surface area contributed by atoms with Crippen LogP contribution in [-0.4, -0.2) is 44.9 Å². The van der Waals surface area contributed by atoms with E-state index in [0.717, 1.165) is 18.4 Å². The molecule has 1 aliphatic rings. The van der Waals surface area contributed by atoms with E-state index in [1.807, 2.05) is 18.2 Å². The molecule has 1 heterocycles. The SMILES string of the molecule is NCC[C@H]1CC[C@H](NS(=O)(=O)Cc2ccccc2)[C@H](CO)O1. The molecule has 1 aromatic carbocycles. The van der Waals surface area contributed by atoms with E-state index >= 15 is 0 Å². The summed E-state index contributed by atoms with van der Waals surface area (Å²) in [4.78, 5) is 0. The average molecular weight is 328 g/mol. The van der Waals surface area contributed by atoms with Crippen molar-refractivity contribution < 1.29 is 18.3 Å². The molecule has 0 saturated carbocycles. The fraction of sp³-hybridized carbons (Fsp3) is 0.600. The number of aliphatic hydroxyl groups excluding tert-OH is 1. The van der Waals surface area contributed by atoms with Crippen molar-refractivity contribution in [2.24, 2.45) is 5.73 Å². The van der Waals surface area contributed by atoms with Crippen LogP contribution >= 0.6 is 0 Å². The summed E-state index contributed by atoms with van der Waals surface area (Å²) in [6, 6.07) is 8.62. The number of hydrogen-bond acceptors (Lipinski definition) is 5. The lowest BCUT2D eigenvalue weighted by Gasteiger charge is -2.35. The molecule has 0 bridgehead atoms. The smallest absolute Gasteiger partial charge is 0.216 e. The summed E-state index contributed by atoms with van der Waals surface area (Å²) >= 11 is 0. The lowest BCUT2D eigenvalue weighted by molar-refractivity contribution is -0.0867. The first-order valence-electron chi connectivity index (χ1n) is 7.54. The van der Waals surface area contributed by atoms with E-state index in [1.54, 1.807) is 12.1 Å². The molecule has 1 saturated heterocycles. The van der Waals surface area contributed by atoms with Crippen LogP contribution in [0, 0.1) is 0 Å². The number of rotatable bonds is 7. The molecule has 7 heteroatoms. The van der Waals surface area contributed by atoms with E-state index in [2.05, 4.69) is 4.72 Å². The third-order valence-electron chi connectivity index (χ3n) is 3.81. The second-order valence-corrected chi connectivity index (χ2v) is 7.36. The minimum absolute atomic E-state index is 0.00275. The van der Waals surface area contributed by atoms with Crippen molar-refractivity contribution in [3.8, 4) is 0 Å². The number of benzene rings is 1. The highest BCUT2D eigenvalue weighted by atomic mass is 32.2. The summed E-state index contributed by atoms with van der Waals surface area (Å²) in [5.41, 5.74) is 6.24. The number of aliphatic hydroxyl groups is 1. The van der Waals surface area contributed by atoms with E-state index < -0.39 is 22.2 Å². The summed E-state index contributed by atoms with van der Waals surface area (Å²) in [6.07, 6.45) is 1.59. The first kappa shape index (κ1) is 17.4. The molecule has 0 spiro atoms. The fourth-order valence-corrected chi connectivity index (χ4v) is 4.18. The predicted molar refractivity (Wildman–Crippen MR) is 84.6 cm³/mol. The van der Waals surface area contributed by atoms with Crippen molar-refractivity contribution in [3.63, 3.8) is 0 Å². The Labute approximate surface area is 131 Å². The summed E-state index contributed by atoms with van der Waals surface area (Å²) in [7, 11) is -3.47. The van der Waals surface area contributed by atoms with Crippen molar-refractivity contribution in [2.45, 2.75) is 43.3 Å². The van der Waals surface area contributed by atoms with Gasteiger partial charge in [-0.1, -0.05) is 30.3 Å². The van der Waals surface area contributed by atoms with E-state index in [0.29, 0.717) is 13.0 Å². The Kier molecular flexibility index (Phi) is 6.34. The third-order valence-corrected chi connectivity index (χ3v) is 5.19. The molecule has 22 heavy (non-hydrogen) atoms. The van der Waals surface area contributed by atoms with Crippen molar-refractivity contribution in [1.82, 2.24) is 4.72 Å². The highest BCUT2D eigenvalue weighted by Crippen LogP contribution is 2.22. The molecule has 0 unspecified atom stereocenters. The van der Waals surface area contributed by atoms with Crippen LogP contribution in [0.4, 0.5) is 0 Å². The topological polar surface area (TPSA) is 102 Å². The monoisotopic (exact) mass is 328 g/mol. The van der Waals surface area contributed by atoms with Crippen LogP contribution in [0.3, 0.4) is 0 Å². The Hall–Kier alpha value is -0.990. The molecule has 2 rings (SSSR count). The van der Waals surface area contributed by atoms with Crippen LogP contribution < -0.4 is 10.5 Å². The standard InChI is InChI=1S/C15H24N2O4S/c16-9-8-13-6-7-14(15(10-18)21-13)17-22(19,20)11-12-4-2-1-3-5-12/h1-5,13-15,17-18H,6-11,16H2/t13-,14+,15+/m1/s1. The van der Waals surface area contributed by atoms with Crippen molar-refractivity contribution in [3.05, 3.63) is 35.9 Å². The quantitative estimate of drug-likeness (QED) is 0.671. The normalized spacial score (nSPS) is 26.0. The molecule has 0 aromatic heterocycles. The number of hydrogen-bond donors (Lipinski definition) is 3. The second kappa shape index (κ2) is 8.03. The predicted octanol–water partition coefficient (Wildman–Crippen LogP) is 0.363. The van der Waals surface area contributed by atoms with Gasteiger partial charge in [0.25, 0.3) is 0 Å². The van der Waals surface area contributed by atoms with Gasteiger partial charge in [-0.2, -0.15) is 0 Å². The van der Waals surface area contributed by atoms with Gasteiger partial charge in [-0.05, 0) is 31.4 Å². The Morgan fingerprint density at radius 1 is 1.27 bits per heavy atom. The molecule has 1 aromatic rings. The molecule has 0 aliphatic carbocycles. The van der Waals surface area contributed by atoms with Crippen LogP contribution in [0.25, 0.3) is 0 Å². The minimum Gasteiger partial charge on any atom is -0.394 e. The van der Waals surface area contributed by atoms with Gasteiger partial charge in [0.05, 0.1) is 30.6 Å². The van der Waals surface area contributed by atoms with Crippen molar-refractivity contribution in [2.75, 3.05) is 13.2 Å². The van der Waals surface area contributed by atoms with E-state index in [1.165, 1.54) is 0 Å². The van der Waals surface area contributed by atoms with Gasteiger partial charge in [0.15, 0.2) is 0 Å². The maximum atomic E-state index is 12.3. The Morgan fingerprint density at radius 3 is 2.64 bits per heavy atom. The molecule has 0 radical (unpaired) electrons. The maximum Gasteiger partial charge on any atom is 0.216 e. The molecular formula is C15H24N2O4S. The maximum absolute atomic E-state index is 12.3. The zero-order valence-electron chi connectivity index (χ0n) is 12.5. The van der Waals surface area contributed by atoms with E-state index in [9.17, 15) is 13.5 Å². The molecule has 0 amide bonds. The van der Waals surface area contributed by atoms with Crippen LogP contribution in [-0.2, 0) is 20.5 Å². The van der Waals surface area contributed by atoms with Crippen LogP contribution in [0.2, 0.25) is 0 Å². The molecule has 4 N–H and O–H groups in total. The van der Waals surface area contributed by atoms with Gasteiger partial charge in [-0.15, -0.1) is 0 Å². The Bertz CT molecular complexity index is 550. The highest BCUT2D eigenvalue weighted by Gasteiger charge is 2.33. The Balaban J connectivity index is 1.96. The van der Waals surface area contributed by atoms with Gasteiger partial charge in [0.1, 0.15) is 0 Å². The zero-order chi connectivity index (χ0) is 16.0. The molecule has 124 valence electrons. The van der Waals surface area contributed by atoms with Gasteiger partial charge in [0.2, 0.25) is 10.0 Å². The van der Waals surface area contributed by atoms with Gasteiger partial charge >= 0.3 is 0 Å². The molecule has 6 nitrogen and oxygen atoms in total. The van der Waals surface area contributed by atoms with Gasteiger partial charge < -0.3 is 15.6 Å². The molecule has 1 fully saturated rings.